The average molecular weight is 265 g/mol. The van der Waals surface area contributed by atoms with Crippen LogP contribution in [-0.4, -0.2) is 27.4 Å². The molecule has 2 N–H and O–H groups in total. The third kappa shape index (κ3) is 3.07. The Bertz CT molecular complexity index is 539. The van der Waals surface area contributed by atoms with Crippen LogP contribution in [0.25, 0.3) is 0 Å². The average Bonchev–Trinajstić information content (AvgIpc) is 2.81. The van der Waals surface area contributed by atoms with Crippen molar-refractivity contribution >= 4 is 17.5 Å². The van der Waals surface area contributed by atoms with Gasteiger partial charge in [-0.25, -0.2) is 4.98 Å². The van der Waals surface area contributed by atoms with Crippen molar-refractivity contribution in [2.45, 2.75) is 13.3 Å². The minimum Gasteiger partial charge on any atom is -0.351 e. The van der Waals surface area contributed by atoms with E-state index in [2.05, 4.69) is 20.3 Å². The molecule has 1 amide bonds. The number of imidazole rings is 1. The predicted octanol–water partition coefficient (Wildman–Crippen LogP) is 1.74. The number of nitrogens with zero attached hydrogens (tertiary/aromatic N) is 2. The summed E-state index contributed by atoms with van der Waals surface area (Å²) < 4.78 is 0. The summed E-state index contributed by atoms with van der Waals surface area (Å²) in [6, 6.07) is 1.67. The first kappa shape index (κ1) is 12.6. The lowest BCUT2D eigenvalue weighted by molar-refractivity contribution is 0.0954. The zero-order chi connectivity index (χ0) is 13.0. The molecule has 0 saturated heterocycles. The van der Waals surface area contributed by atoms with Crippen LogP contribution in [0.5, 0.6) is 0 Å². The zero-order valence-electron chi connectivity index (χ0n) is 9.90. The topological polar surface area (TPSA) is 70.7 Å². The van der Waals surface area contributed by atoms with Crippen molar-refractivity contribution in [2.24, 2.45) is 0 Å². The number of H-pyrrole nitrogens is 1. The van der Waals surface area contributed by atoms with Crippen LogP contribution in [0.2, 0.25) is 5.02 Å². The molecule has 0 radical (unpaired) electrons. The number of carbonyl (C=O) groups excluding carboxylic acids is 1. The Kier molecular flexibility index (Phi) is 3.94. The summed E-state index contributed by atoms with van der Waals surface area (Å²) in [5, 5.41) is 3.19. The normalized spacial score (nSPS) is 10.3. The molecule has 6 heteroatoms. The zero-order valence-corrected chi connectivity index (χ0v) is 10.7. The highest BCUT2D eigenvalue weighted by atomic mass is 35.5. The van der Waals surface area contributed by atoms with Gasteiger partial charge in [0.2, 0.25) is 0 Å². The second kappa shape index (κ2) is 5.64. The smallest absolute Gasteiger partial charge is 0.254 e. The van der Waals surface area contributed by atoms with Crippen LogP contribution in [0, 0.1) is 6.92 Å². The van der Waals surface area contributed by atoms with E-state index in [-0.39, 0.29) is 5.91 Å². The maximum absolute atomic E-state index is 11.8. The van der Waals surface area contributed by atoms with Gasteiger partial charge in [0.25, 0.3) is 5.91 Å². The van der Waals surface area contributed by atoms with E-state index in [0.29, 0.717) is 23.6 Å². The van der Waals surface area contributed by atoms with Crippen LogP contribution in [0.4, 0.5) is 0 Å². The number of amides is 1. The van der Waals surface area contributed by atoms with Gasteiger partial charge in [-0.3, -0.25) is 9.78 Å². The quantitative estimate of drug-likeness (QED) is 0.884. The van der Waals surface area contributed by atoms with E-state index in [1.54, 1.807) is 18.5 Å². The number of rotatable bonds is 4. The van der Waals surface area contributed by atoms with Crippen molar-refractivity contribution in [3.63, 3.8) is 0 Å². The van der Waals surface area contributed by atoms with Gasteiger partial charge in [-0.1, -0.05) is 11.6 Å². The lowest BCUT2D eigenvalue weighted by Gasteiger charge is -2.06. The standard InChI is InChI=1S/C12H13ClN4O/c1-8-6-10(13)9(7-17-8)12(18)16-3-2-11-14-4-5-15-11/h4-7H,2-3H2,1H3,(H,14,15)(H,16,18). The monoisotopic (exact) mass is 264 g/mol. The predicted molar refractivity (Wildman–Crippen MR) is 68.6 cm³/mol. The Morgan fingerprint density at radius 3 is 3.00 bits per heavy atom. The fourth-order valence-corrected chi connectivity index (χ4v) is 1.81. The lowest BCUT2D eigenvalue weighted by Crippen LogP contribution is -2.26. The maximum atomic E-state index is 11.8. The summed E-state index contributed by atoms with van der Waals surface area (Å²) in [7, 11) is 0. The molecule has 0 unspecified atom stereocenters. The number of hydrogen-bond acceptors (Lipinski definition) is 3. The molecule has 2 heterocycles. The van der Waals surface area contributed by atoms with Crippen molar-refractivity contribution in [3.05, 3.63) is 46.8 Å². The second-order valence-electron chi connectivity index (χ2n) is 3.85. The Labute approximate surface area is 110 Å². The summed E-state index contributed by atoms with van der Waals surface area (Å²) in [5.41, 5.74) is 1.17. The van der Waals surface area contributed by atoms with Gasteiger partial charge in [0, 0.05) is 37.3 Å². The first-order chi connectivity index (χ1) is 8.66. The fourth-order valence-electron chi connectivity index (χ4n) is 1.52. The van der Waals surface area contributed by atoms with E-state index in [9.17, 15) is 4.79 Å². The van der Waals surface area contributed by atoms with Gasteiger partial charge in [-0.05, 0) is 13.0 Å². The van der Waals surface area contributed by atoms with E-state index >= 15 is 0 Å². The van der Waals surface area contributed by atoms with Crippen molar-refractivity contribution in [3.8, 4) is 0 Å². The lowest BCUT2D eigenvalue weighted by atomic mass is 10.2. The van der Waals surface area contributed by atoms with Gasteiger partial charge in [0.1, 0.15) is 5.82 Å². The van der Waals surface area contributed by atoms with Crippen LogP contribution in [0.1, 0.15) is 21.9 Å². The second-order valence-corrected chi connectivity index (χ2v) is 4.25. The number of aromatic amines is 1. The molecule has 0 aromatic carbocycles. The minimum atomic E-state index is -0.223. The van der Waals surface area contributed by atoms with E-state index in [1.807, 2.05) is 6.92 Å². The highest BCUT2D eigenvalue weighted by Crippen LogP contribution is 2.15. The summed E-state index contributed by atoms with van der Waals surface area (Å²) in [6.45, 7) is 2.32. The molecule has 0 saturated carbocycles. The third-order valence-electron chi connectivity index (χ3n) is 2.44. The van der Waals surface area contributed by atoms with Crippen LogP contribution < -0.4 is 5.32 Å². The van der Waals surface area contributed by atoms with Crippen LogP contribution in [-0.2, 0) is 6.42 Å². The largest absolute Gasteiger partial charge is 0.351 e. The number of halogens is 1. The van der Waals surface area contributed by atoms with Crippen molar-refractivity contribution < 1.29 is 4.79 Å². The summed E-state index contributed by atoms with van der Waals surface area (Å²) in [6.07, 6.45) is 5.56. The molecule has 0 fully saturated rings. The van der Waals surface area contributed by atoms with Gasteiger partial charge in [0.05, 0.1) is 10.6 Å². The number of carbonyl (C=O) groups is 1. The molecule has 0 spiro atoms. The Hall–Kier alpha value is -1.88. The molecular formula is C12H13ClN4O. The maximum Gasteiger partial charge on any atom is 0.254 e. The van der Waals surface area contributed by atoms with E-state index in [4.69, 9.17) is 11.6 Å². The molecule has 2 aromatic rings. The van der Waals surface area contributed by atoms with Gasteiger partial charge in [-0.2, -0.15) is 0 Å². The summed E-state index contributed by atoms with van der Waals surface area (Å²) >= 11 is 5.98. The molecular weight excluding hydrogens is 252 g/mol. The third-order valence-corrected chi connectivity index (χ3v) is 2.75. The molecule has 5 nitrogen and oxygen atoms in total. The first-order valence-corrected chi connectivity index (χ1v) is 5.93. The highest BCUT2D eigenvalue weighted by Gasteiger charge is 2.10. The van der Waals surface area contributed by atoms with E-state index in [1.165, 1.54) is 6.20 Å². The molecule has 0 aliphatic rings. The van der Waals surface area contributed by atoms with Crippen molar-refractivity contribution in [1.82, 2.24) is 20.3 Å². The molecule has 2 aromatic heterocycles. The van der Waals surface area contributed by atoms with Gasteiger partial charge < -0.3 is 10.3 Å². The Morgan fingerprint density at radius 2 is 2.33 bits per heavy atom. The Morgan fingerprint density at radius 1 is 1.50 bits per heavy atom. The molecule has 0 bridgehead atoms. The van der Waals surface area contributed by atoms with Gasteiger partial charge in [-0.15, -0.1) is 0 Å². The van der Waals surface area contributed by atoms with Crippen LogP contribution in [0.3, 0.4) is 0 Å². The van der Waals surface area contributed by atoms with E-state index in [0.717, 1.165) is 11.5 Å². The molecule has 18 heavy (non-hydrogen) atoms. The molecule has 94 valence electrons. The van der Waals surface area contributed by atoms with E-state index < -0.39 is 0 Å². The van der Waals surface area contributed by atoms with Crippen LogP contribution >= 0.6 is 11.6 Å². The first-order valence-electron chi connectivity index (χ1n) is 5.55. The number of aryl methyl sites for hydroxylation is 1. The molecule has 0 atom stereocenters. The fraction of sp³-hybridized carbons (Fsp3) is 0.250. The number of hydrogen-bond donors (Lipinski definition) is 2. The van der Waals surface area contributed by atoms with Crippen molar-refractivity contribution in [1.29, 1.82) is 0 Å². The summed E-state index contributed by atoms with van der Waals surface area (Å²) in [4.78, 5) is 22.9. The highest BCUT2D eigenvalue weighted by molar-refractivity contribution is 6.33. The summed E-state index contributed by atoms with van der Waals surface area (Å²) in [5.74, 6) is 0.613. The SMILES string of the molecule is Cc1cc(Cl)c(C(=O)NCCc2ncc[nH]2)cn1. The number of pyridine rings is 1. The number of nitrogens with one attached hydrogen (secondary N) is 2. The van der Waals surface area contributed by atoms with Gasteiger partial charge in [0.15, 0.2) is 0 Å². The number of aromatic nitrogens is 3. The van der Waals surface area contributed by atoms with Crippen molar-refractivity contribution in [2.75, 3.05) is 6.54 Å². The van der Waals surface area contributed by atoms with Crippen LogP contribution in [0.15, 0.2) is 24.7 Å². The minimum absolute atomic E-state index is 0.223. The molecule has 0 aliphatic heterocycles. The Balaban J connectivity index is 1.91. The molecule has 0 aliphatic carbocycles. The molecule has 2 rings (SSSR count). The van der Waals surface area contributed by atoms with Gasteiger partial charge >= 0.3 is 0 Å².